The largest absolute Gasteiger partial charge is 0.497 e. The molecule has 1 aliphatic rings. The zero-order valence-electron chi connectivity index (χ0n) is 21.3. The van der Waals surface area contributed by atoms with E-state index in [2.05, 4.69) is 55.3 Å². The molecule has 1 saturated carbocycles. The van der Waals surface area contributed by atoms with Gasteiger partial charge in [0.1, 0.15) is 5.75 Å². The fraction of sp³-hybridized carbons (Fsp3) is 0.536. The summed E-state index contributed by atoms with van der Waals surface area (Å²) in [4.78, 5) is 17.6. The first-order valence-electron chi connectivity index (χ1n) is 12.2. The maximum atomic E-state index is 13.6. The molecule has 0 radical (unpaired) electrons. The number of nitrogens with one attached hydrogen (secondary N) is 1. The molecule has 0 bridgehead atoms. The molecule has 2 amide bonds. The van der Waals surface area contributed by atoms with E-state index in [0.29, 0.717) is 5.92 Å². The van der Waals surface area contributed by atoms with Crippen LogP contribution in [0.25, 0.3) is 0 Å². The molecule has 180 valence electrons. The molecule has 0 aliphatic heterocycles. The fourth-order valence-electron chi connectivity index (χ4n) is 4.63. The molecule has 3 rings (SSSR count). The summed E-state index contributed by atoms with van der Waals surface area (Å²) in [5, 5.41) is 3.21. The van der Waals surface area contributed by atoms with Gasteiger partial charge >= 0.3 is 6.03 Å². The number of urea groups is 1. The molecule has 5 heteroatoms. The van der Waals surface area contributed by atoms with Crippen LogP contribution in [0.15, 0.2) is 42.5 Å². The molecule has 1 aliphatic carbocycles. The number of carbonyl (C=O) groups is 1. The van der Waals surface area contributed by atoms with Crippen molar-refractivity contribution in [2.45, 2.75) is 64.7 Å². The lowest BCUT2D eigenvalue weighted by atomic mass is 9.85. The zero-order valence-corrected chi connectivity index (χ0v) is 21.3. The molecule has 0 saturated heterocycles. The van der Waals surface area contributed by atoms with Gasteiger partial charge in [-0.3, -0.25) is 4.90 Å². The van der Waals surface area contributed by atoms with Crippen LogP contribution in [0.1, 0.15) is 64.9 Å². The number of anilines is 3. The summed E-state index contributed by atoms with van der Waals surface area (Å²) >= 11 is 0. The predicted octanol–water partition coefficient (Wildman–Crippen LogP) is 7.07. The summed E-state index contributed by atoms with van der Waals surface area (Å²) in [6.07, 6.45) is 7.57. The van der Waals surface area contributed by atoms with Gasteiger partial charge in [-0.1, -0.05) is 52.9 Å². The summed E-state index contributed by atoms with van der Waals surface area (Å²) in [6, 6.07) is 14.0. The molecule has 0 atom stereocenters. The number of nitrogens with zero attached hydrogens (tertiary/aromatic N) is 2. The van der Waals surface area contributed by atoms with Crippen LogP contribution < -0.4 is 19.9 Å². The predicted molar refractivity (Wildman–Crippen MR) is 140 cm³/mol. The molecule has 0 unspecified atom stereocenters. The van der Waals surface area contributed by atoms with E-state index < -0.39 is 0 Å². The minimum Gasteiger partial charge on any atom is -0.497 e. The smallest absolute Gasteiger partial charge is 0.326 e. The van der Waals surface area contributed by atoms with Crippen LogP contribution in [0.5, 0.6) is 5.75 Å². The number of rotatable bonds is 7. The van der Waals surface area contributed by atoms with E-state index in [-0.39, 0.29) is 11.4 Å². The summed E-state index contributed by atoms with van der Waals surface area (Å²) < 4.78 is 5.44. The van der Waals surface area contributed by atoms with Crippen LogP contribution in [-0.2, 0) is 5.41 Å². The van der Waals surface area contributed by atoms with Crippen molar-refractivity contribution >= 4 is 23.1 Å². The number of amides is 2. The van der Waals surface area contributed by atoms with E-state index in [4.69, 9.17) is 4.74 Å². The molecule has 2 aromatic carbocycles. The van der Waals surface area contributed by atoms with Crippen LogP contribution in [-0.4, -0.2) is 33.8 Å². The summed E-state index contributed by atoms with van der Waals surface area (Å²) in [6.45, 7) is 7.17. The SMILES string of the molecule is COc1ccc(NC(=O)N(CCC2CCCCC2)c2ccc(N(C)C)cc2)c(C(C)(C)C)c1. The van der Waals surface area contributed by atoms with Crippen LogP contribution >= 0.6 is 0 Å². The second-order valence-corrected chi connectivity index (χ2v) is 10.4. The maximum absolute atomic E-state index is 13.6. The first-order chi connectivity index (χ1) is 15.7. The van der Waals surface area contributed by atoms with Gasteiger partial charge in [-0.2, -0.15) is 0 Å². The minimum absolute atomic E-state index is 0.0842. The van der Waals surface area contributed by atoms with E-state index in [1.54, 1.807) is 7.11 Å². The number of methoxy groups -OCH3 is 1. The van der Waals surface area contributed by atoms with Gasteiger partial charge in [0.15, 0.2) is 0 Å². The van der Waals surface area contributed by atoms with E-state index in [9.17, 15) is 4.79 Å². The van der Waals surface area contributed by atoms with Crippen LogP contribution in [0.3, 0.4) is 0 Å². The lowest BCUT2D eigenvalue weighted by Gasteiger charge is -2.29. The standard InChI is InChI=1S/C28H41N3O2/c1-28(2,3)25-20-24(33-6)16-17-26(25)29-27(32)31(19-18-21-10-8-7-9-11-21)23-14-12-22(13-15-23)30(4)5/h12-17,20-21H,7-11,18-19H2,1-6H3,(H,29,32). The van der Waals surface area contributed by atoms with Gasteiger partial charge in [-0.15, -0.1) is 0 Å². The highest BCUT2D eigenvalue weighted by Crippen LogP contribution is 2.34. The Hall–Kier alpha value is -2.69. The molecule has 2 aromatic rings. The second-order valence-electron chi connectivity index (χ2n) is 10.4. The Kier molecular flexibility index (Phi) is 8.28. The van der Waals surface area contributed by atoms with Crippen molar-refractivity contribution < 1.29 is 9.53 Å². The first-order valence-corrected chi connectivity index (χ1v) is 12.2. The van der Waals surface area contributed by atoms with Crippen molar-refractivity contribution in [2.75, 3.05) is 42.9 Å². The van der Waals surface area contributed by atoms with Gasteiger partial charge in [0.25, 0.3) is 0 Å². The Morgan fingerprint density at radius 1 is 1.00 bits per heavy atom. The Morgan fingerprint density at radius 3 is 2.21 bits per heavy atom. The van der Waals surface area contributed by atoms with E-state index in [0.717, 1.165) is 41.3 Å². The minimum atomic E-state index is -0.128. The third-order valence-corrected chi connectivity index (χ3v) is 6.68. The monoisotopic (exact) mass is 451 g/mol. The van der Waals surface area contributed by atoms with Gasteiger partial charge in [-0.05, 0) is 65.8 Å². The van der Waals surface area contributed by atoms with E-state index in [1.165, 1.54) is 32.1 Å². The Bertz CT molecular complexity index is 910. The maximum Gasteiger partial charge on any atom is 0.326 e. The Balaban J connectivity index is 1.85. The molecule has 0 heterocycles. The molecule has 1 N–H and O–H groups in total. The highest BCUT2D eigenvalue weighted by Gasteiger charge is 2.24. The summed E-state index contributed by atoms with van der Waals surface area (Å²) in [7, 11) is 5.73. The van der Waals surface area contributed by atoms with Gasteiger partial charge in [-0.25, -0.2) is 4.79 Å². The van der Waals surface area contributed by atoms with Gasteiger partial charge in [0.05, 0.1) is 7.11 Å². The zero-order chi connectivity index (χ0) is 24.0. The molecular formula is C28H41N3O2. The molecule has 33 heavy (non-hydrogen) atoms. The Labute approximate surface area is 200 Å². The van der Waals surface area contributed by atoms with Crippen molar-refractivity contribution in [3.8, 4) is 5.75 Å². The van der Waals surface area contributed by atoms with Gasteiger partial charge in [0.2, 0.25) is 0 Å². The average Bonchev–Trinajstić information content (AvgIpc) is 2.79. The lowest BCUT2D eigenvalue weighted by molar-refractivity contribution is 0.255. The first kappa shape index (κ1) is 24.9. The van der Waals surface area contributed by atoms with Crippen LogP contribution in [0.4, 0.5) is 21.9 Å². The number of carbonyl (C=O) groups excluding carboxylic acids is 1. The number of hydrogen-bond acceptors (Lipinski definition) is 3. The third kappa shape index (κ3) is 6.66. The third-order valence-electron chi connectivity index (χ3n) is 6.68. The van der Waals surface area contributed by atoms with Crippen molar-refractivity contribution in [3.05, 3.63) is 48.0 Å². The lowest BCUT2D eigenvalue weighted by Crippen LogP contribution is -2.37. The topological polar surface area (TPSA) is 44.8 Å². The van der Waals surface area contributed by atoms with E-state index in [1.807, 2.05) is 37.2 Å². The number of benzene rings is 2. The number of hydrogen-bond donors (Lipinski definition) is 1. The van der Waals surface area contributed by atoms with Gasteiger partial charge < -0.3 is 15.0 Å². The Morgan fingerprint density at radius 2 is 1.64 bits per heavy atom. The van der Waals surface area contributed by atoms with Crippen molar-refractivity contribution in [3.63, 3.8) is 0 Å². The number of ether oxygens (including phenoxy) is 1. The normalized spacial score (nSPS) is 14.6. The average molecular weight is 452 g/mol. The molecule has 0 aromatic heterocycles. The van der Waals surface area contributed by atoms with Gasteiger partial charge in [0, 0.05) is 37.7 Å². The highest BCUT2D eigenvalue weighted by atomic mass is 16.5. The van der Waals surface area contributed by atoms with Crippen LogP contribution in [0.2, 0.25) is 0 Å². The molecule has 0 spiro atoms. The summed E-state index contributed by atoms with van der Waals surface area (Å²) in [5.41, 5.74) is 3.82. The molecule has 5 nitrogen and oxygen atoms in total. The molecule has 1 fully saturated rings. The highest BCUT2D eigenvalue weighted by molar-refractivity contribution is 6.02. The van der Waals surface area contributed by atoms with E-state index >= 15 is 0 Å². The van der Waals surface area contributed by atoms with Crippen LogP contribution in [0, 0.1) is 5.92 Å². The second kappa shape index (κ2) is 11.0. The quantitative estimate of drug-likeness (QED) is 0.490. The summed E-state index contributed by atoms with van der Waals surface area (Å²) in [5.74, 6) is 1.51. The van der Waals surface area contributed by atoms with Crippen molar-refractivity contribution in [1.82, 2.24) is 0 Å². The van der Waals surface area contributed by atoms with Crippen molar-refractivity contribution in [1.29, 1.82) is 0 Å². The fourth-order valence-corrected chi connectivity index (χ4v) is 4.63. The molecular weight excluding hydrogens is 410 g/mol. The van der Waals surface area contributed by atoms with Crippen molar-refractivity contribution in [2.24, 2.45) is 5.92 Å².